The third-order valence-electron chi connectivity index (χ3n) is 6.53. The SMILES string of the molecule is CC[C@@H](C)n1c(=O)c(NCc2ccc(S(N)=O)cc2)nc2cnc(-c3c(C)ncnc3C3CC3)nc21. The van der Waals surface area contributed by atoms with E-state index in [1.54, 1.807) is 29.2 Å². The molecule has 0 radical (unpaired) electrons. The number of rotatable bonds is 8. The summed E-state index contributed by atoms with van der Waals surface area (Å²) in [6, 6.07) is 6.95. The molecule has 0 bridgehead atoms. The molecule has 11 heteroatoms. The van der Waals surface area contributed by atoms with Crippen LogP contribution in [0.25, 0.3) is 22.6 Å². The summed E-state index contributed by atoms with van der Waals surface area (Å²) in [6.07, 6.45) is 6.19. The molecule has 0 saturated heterocycles. The topological polar surface area (TPSA) is 142 Å². The van der Waals surface area contributed by atoms with Crippen LogP contribution >= 0.6 is 0 Å². The molecule has 0 spiro atoms. The normalized spacial score (nSPS) is 15.1. The predicted molar refractivity (Wildman–Crippen MR) is 139 cm³/mol. The van der Waals surface area contributed by atoms with Crippen molar-refractivity contribution in [3.8, 4) is 11.4 Å². The van der Waals surface area contributed by atoms with Crippen LogP contribution in [0, 0.1) is 6.92 Å². The highest BCUT2D eigenvalue weighted by Crippen LogP contribution is 2.43. The largest absolute Gasteiger partial charge is 0.361 e. The Morgan fingerprint density at radius 3 is 2.58 bits per heavy atom. The Morgan fingerprint density at radius 1 is 1.17 bits per heavy atom. The van der Waals surface area contributed by atoms with Crippen molar-refractivity contribution in [2.45, 2.75) is 63.4 Å². The standard InChI is InChI=1S/C25H28N8O2S/c1-4-14(2)33-24-19(12-28-22(32-24)20-15(3)29-13-30-21(20)17-7-8-17)31-23(25(33)34)27-11-16-5-9-18(10-6-16)36(26)35/h5-6,9-10,12-14,17H,4,7-8,11,26H2,1-3H3,(H,27,31)/t14-,36?/m1/s1. The number of hydrogen-bond donors (Lipinski definition) is 2. The average Bonchev–Trinajstić information content (AvgIpc) is 3.72. The highest BCUT2D eigenvalue weighted by Gasteiger charge is 2.30. The van der Waals surface area contributed by atoms with E-state index in [1.165, 1.54) is 0 Å². The molecule has 5 rings (SSSR count). The summed E-state index contributed by atoms with van der Waals surface area (Å²) in [4.78, 5) is 37.0. The van der Waals surface area contributed by atoms with Gasteiger partial charge in [-0.1, -0.05) is 19.1 Å². The van der Waals surface area contributed by atoms with E-state index in [2.05, 4.69) is 25.3 Å². The minimum Gasteiger partial charge on any atom is -0.361 e. The fourth-order valence-corrected chi connectivity index (χ4v) is 4.59. The number of fused-ring (bicyclic) bond motifs is 1. The van der Waals surface area contributed by atoms with Gasteiger partial charge in [-0.15, -0.1) is 0 Å². The van der Waals surface area contributed by atoms with Gasteiger partial charge in [0, 0.05) is 18.5 Å². The Morgan fingerprint density at radius 2 is 1.92 bits per heavy atom. The lowest BCUT2D eigenvalue weighted by Gasteiger charge is -2.18. The van der Waals surface area contributed by atoms with Crippen LogP contribution in [0.3, 0.4) is 0 Å². The molecule has 10 nitrogen and oxygen atoms in total. The maximum Gasteiger partial charge on any atom is 0.295 e. The van der Waals surface area contributed by atoms with Crippen LogP contribution in [-0.4, -0.2) is 33.7 Å². The van der Waals surface area contributed by atoms with Crippen molar-refractivity contribution in [3.05, 3.63) is 64.1 Å². The molecule has 1 aromatic carbocycles. The van der Waals surface area contributed by atoms with Gasteiger partial charge >= 0.3 is 0 Å². The van der Waals surface area contributed by atoms with Gasteiger partial charge in [-0.2, -0.15) is 0 Å². The van der Waals surface area contributed by atoms with Crippen LogP contribution in [0.2, 0.25) is 0 Å². The first-order valence-electron chi connectivity index (χ1n) is 12.0. The molecular formula is C25H28N8O2S. The molecule has 1 aliphatic rings. The highest BCUT2D eigenvalue weighted by atomic mass is 32.2. The van der Waals surface area contributed by atoms with E-state index in [4.69, 9.17) is 10.1 Å². The number of benzene rings is 1. The van der Waals surface area contributed by atoms with E-state index in [0.717, 1.165) is 41.8 Å². The first kappa shape index (κ1) is 24.1. The minimum absolute atomic E-state index is 0.0962. The second-order valence-electron chi connectivity index (χ2n) is 9.08. The molecular weight excluding hydrogens is 476 g/mol. The molecule has 4 aromatic rings. The van der Waals surface area contributed by atoms with Crippen molar-refractivity contribution in [2.75, 3.05) is 5.32 Å². The first-order valence-corrected chi connectivity index (χ1v) is 13.2. The number of hydrogen-bond acceptors (Lipinski definition) is 8. The van der Waals surface area contributed by atoms with Crippen molar-refractivity contribution >= 4 is 28.0 Å². The molecule has 1 aliphatic carbocycles. The van der Waals surface area contributed by atoms with Crippen molar-refractivity contribution < 1.29 is 4.21 Å². The number of nitrogens with zero attached hydrogens (tertiary/aromatic N) is 6. The number of nitrogens with two attached hydrogens (primary N) is 1. The Balaban J connectivity index is 1.56. The number of nitrogens with one attached hydrogen (secondary N) is 1. The van der Waals surface area contributed by atoms with Crippen molar-refractivity contribution in [3.63, 3.8) is 0 Å². The highest BCUT2D eigenvalue weighted by molar-refractivity contribution is 7.82. The van der Waals surface area contributed by atoms with Crippen LogP contribution in [0.5, 0.6) is 0 Å². The van der Waals surface area contributed by atoms with Gasteiger partial charge in [-0.3, -0.25) is 9.36 Å². The van der Waals surface area contributed by atoms with E-state index in [0.29, 0.717) is 34.3 Å². The van der Waals surface area contributed by atoms with Crippen LogP contribution in [0.15, 0.2) is 46.5 Å². The van der Waals surface area contributed by atoms with Crippen molar-refractivity contribution in [2.24, 2.45) is 5.14 Å². The Labute approximate surface area is 211 Å². The molecule has 3 aromatic heterocycles. The average molecular weight is 505 g/mol. The van der Waals surface area contributed by atoms with Crippen molar-refractivity contribution in [1.29, 1.82) is 0 Å². The number of aromatic nitrogens is 6. The van der Waals surface area contributed by atoms with E-state index < -0.39 is 11.0 Å². The molecule has 0 aliphatic heterocycles. The summed E-state index contributed by atoms with van der Waals surface area (Å²) >= 11 is 0. The molecule has 2 atom stereocenters. The maximum absolute atomic E-state index is 13.5. The van der Waals surface area contributed by atoms with E-state index in [9.17, 15) is 9.00 Å². The summed E-state index contributed by atoms with van der Waals surface area (Å²) in [7, 11) is -1.53. The maximum atomic E-state index is 13.5. The summed E-state index contributed by atoms with van der Waals surface area (Å²) in [5, 5.41) is 8.58. The van der Waals surface area contributed by atoms with Gasteiger partial charge < -0.3 is 5.32 Å². The summed E-state index contributed by atoms with van der Waals surface area (Å²) in [5.41, 5.74) is 4.30. The van der Waals surface area contributed by atoms with Gasteiger partial charge in [0.2, 0.25) is 0 Å². The van der Waals surface area contributed by atoms with Gasteiger partial charge in [0.1, 0.15) is 22.8 Å². The van der Waals surface area contributed by atoms with Crippen LogP contribution in [0.4, 0.5) is 5.82 Å². The monoisotopic (exact) mass is 504 g/mol. The zero-order valence-electron chi connectivity index (χ0n) is 20.4. The zero-order valence-corrected chi connectivity index (χ0v) is 21.2. The molecule has 36 heavy (non-hydrogen) atoms. The second kappa shape index (κ2) is 9.82. The molecule has 3 heterocycles. The van der Waals surface area contributed by atoms with E-state index >= 15 is 0 Å². The van der Waals surface area contributed by atoms with E-state index in [1.807, 2.05) is 32.9 Å². The van der Waals surface area contributed by atoms with Gasteiger partial charge in [-0.25, -0.2) is 34.3 Å². The van der Waals surface area contributed by atoms with Crippen LogP contribution < -0.4 is 16.0 Å². The lowest BCUT2D eigenvalue weighted by molar-refractivity contribution is 0.526. The minimum atomic E-state index is -1.53. The Hall–Kier alpha value is -3.57. The lowest BCUT2D eigenvalue weighted by atomic mass is 10.1. The summed E-state index contributed by atoms with van der Waals surface area (Å²) in [5.74, 6) is 1.14. The zero-order chi connectivity index (χ0) is 25.4. The summed E-state index contributed by atoms with van der Waals surface area (Å²) < 4.78 is 13.1. The molecule has 0 amide bonds. The van der Waals surface area contributed by atoms with Gasteiger partial charge in [0.25, 0.3) is 5.56 Å². The molecule has 3 N–H and O–H groups in total. The lowest BCUT2D eigenvalue weighted by Crippen LogP contribution is -2.28. The third kappa shape index (κ3) is 4.63. The van der Waals surface area contributed by atoms with Crippen LogP contribution in [0.1, 0.15) is 62.0 Å². The smallest absolute Gasteiger partial charge is 0.295 e. The quantitative estimate of drug-likeness (QED) is 0.372. The van der Waals surface area contributed by atoms with E-state index in [-0.39, 0.29) is 17.4 Å². The summed E-state index contributed by atoms with van der Waals surface area (Å²) in [6.45, 7) is 6.32. The van der Waals surface area contributed by atoms with Gasteiger partial charge in [0.15, 0.2) is 17.3 Å². The number of anilines is 1. The first-order chi connectivity index (χ1) is 17.4. The molecule has 1 saturated carbocycles. The fraction of sp³-hybridized carbons (Fsp3) is 0.360. The van der Waals surface area contributed by atoms with Crippen LogP contribution in [-0.2, 0) is 17.5 Å². The molecule has 1 fully saturated rings. The van der Waals surface area contributed by atoms with Gasteiger partial charge in [-0.05, 0) is 50.8 Å². The second-order valence-corrected chi connectivity index (χ2v) is 10.2. The Bertz CT molecular complexity index is 1520. The van der Waals surface area contributed by atoms with Gasteiger partial charge in [0.05, 0.1) is 28.0 Å². The fourth-order valence-electron chi connectivity index (χ4n) is 4.19. The third-order valence-corrected chi connectivity index (χ3v) is 7.27. The molecule has 1 unspecified atom stereocenters. The number of aryl methyl sites for hydroxylation is 1. The van der Waals surface area contributed by atoms with Crippen molar-refractivity contribution in [1.82, 2.24) is 29.5 Å². The predicted octanol–water partition coefficient (Wildman–Crippen LogP) is 3.39. The molecule has 186 valence electrons. The Kier molecular flexibility index (Phi) is 6.59.